The topological polar surface area (TPSA) is 75.4 Å². The lowest BCUT2D eigenvalue weighted by molar-refractivity contribution is -0.138. The zero-order valence-electron chi connectivity index (χ0n) is 12.2. The number of aromatic nitrogens is 2. The predicted molar refractivity (Wildman–Crippen MR) is 78.5 cm³/mol. The summed E-state index contributed by atoms with van der Waals surface area (Å²) in [5.41, 5.74) is 0.863. The Morgan fingerprint density at radius 2 is 2.29 bits per heavy atom. The van der Waals surface area contributed by atoms with Crippen LogP contribution in [-0.2, 0) is 16.6 Å². The minimum Gasteiger partial charge on any atom is -0.481 e. The van der Waals surface area contributed by atoms with Gasteiger partial charge < -0.3 is 10.0 Å². The van der Waals surface area contributed by atoms with Crippen molar-refractivity contribution in [3.8, 4) is 0 Å². The van der Waals surface area contributed by atoms with Crippen LogP contribution in [0.1, 0.15) is 37.8 Å². The molecule has 6 heteroatoms. The summed E-state index contributed by atoms with van der Waals surface area (Å²) < 4.78 is 1.70. The Labute approximate surface area is 124 Å². The fourth-order valence-electron chi connectivity index (χ4n) is 2.68. The van der Waals surface area contributed by atoms with Gasteiger partial charge in [0, 0.05) is 38.3 Å². The Morgan fingerprint density at radius 1 is 1.48 bits per heavy atom. The van der Waals surface area contributed by atoms with Crippen molar-refractivity contribution in [3.05, 3.63) is 24.0 Å². The van der Waals surface area contributed by atoms with Crippen molar-refractivity contribution >= 4 is 18.0 Å². The number of rotatable bonds is 5. The molecule has 0 aromatic carbocycles. The maximum atomic E-state index is 12.3. The van der Waals surface area contributed by atoms with E-state index in [0.717, 1.165) is 25.0 Å². The van der Waals surface area contributed by atoms with Gasteiger partial charge in [0.15, 0.2) is 0 Å². The number of nitrogens with zero attached hydrogens (tertiary/aromatic N) is 3. The maximum absolute atomic E-state index is 12.3. The lowest BCUT2D eigenvalue weighted by Crippen LogP contribution is -2.43. The van der Waals surface area contributed by atoms with Gasteiger partial charge >= 0.3 is 5.97 Å². The summed E-state index contributed by atoms with van der Waals surface area (Å²) in [6, 6.07) is 1.88. The lowest BCUT2D eigenvalue weighted by atomic mass is 9.98. The molecule has 1 aromatic heterocycles. The second kappa shape index (κ2) is 7.06. The van der Waals surface area contributed by atoms with E-state index in [-0.39, 0.29) is 18.4 Å². The van der Waals surface area contributed by atoms with Gasteiger partial charge in [0.25, 0.3) is 0 Å². The average Bonchev–Trinajstić information content (AvgIpc) is 2.88. The number of hydrogen-bond donors (Lipinski definition) is 1. The van der Waals surface area contributed by atoms with E-state index in [1.54, 1.807) is 27.9 Å². The highest BCUT2D eigenvalue weighted by atomic mass is 16.4. The average molecular weight is 291 g/mol. The highest BCUT2D eigenvalue weighted by molar-refractivity contribution is 5.91. The smallest absolute Gasteiger partial charge is 0.303 e. The normalized spacial score (nSPS) is 19.1. The van der Waals surface area contributed by atoms with Crippen LogP contribution in [0.3, 0.4) is 0 Å². The first-order valence-corrected chi connectivity index (χ1v) is 7.26. The molecular weight excluding hydrogens is 270 g/mol. The van der Waals surface area contributed by atoms with Gasteiger partial charge in [0.05, 0.1) is 5.69 Å². The van der Waals surface area contributed by atoms with Crippen LogP contribution >= 0.6 is 0 Å². The Morgan fingerprint density at radius 3 is 2.95 bits per heavy atom. The van der Waals surface area contributed by atoms with E-state index >= 15 is 0 Å². The molecule has 114 valence electrons. The van der Waals surface area contributed by atoms with E-state index < -0.39 is 5.97 Å². The molecule has 1 aromatic rings. The number of aliphatic carboxylic acids is 1. The van der Waals surface area contributed by atoms with Crippen LogP contribution in [0, 0.1) is 0 Å². The number of carboxylic acids is 1. The molecule has 1 fully saturated rings. The third kappa shape index (κ3) is 4.18. The van der Waals surface area contributed by atoms with E-state index in [4.69, 9.17) is 5.11 Å². The summed E-state index contributed by atoms with van der Waals surface area (Å²) in [4.78, 5) is 24.8. The highest BCUT2D eigenvalue weighted by Gasteiger charge is 2.25. The first kappa shape index (κ1) is 15.3. The van der Waals surface area contributed by atoms with E-state index in [1.807, 2.05) is 13.1 Å². The molecule has 1 saturated heterocycles. The van der Waals surface area contributed by atoms with Crippen molar-refractivity contribution in [1.29, 1.82) is 0 Å². The van der Waals surface area contributed by atoms with Crippen LogP contribution in [0.25, 0.3) is 6.08 Å². The zero-order valence-corrected chi connectivity index (χ0v) is 12.2. The molecule has 2 rings (SSSR count). The SMILES string of the molecule is Cn1nccc1/C=C\C(=O)N1CCCC[C@H]1CCC(=O)O. The number of amides is 1. The molecule has 1 amide bonds. The molecule has 0 radical (unpaired) electrons. The van der Waals surface area contributed by atoms with Crippen LogP contribution in [0.15, 0.2) is 18.3 Å². The van der Waals surface area contributed by atoms with Gasteiger partial charge in [0.2, 0.25) is 5.91 Å². The van der Waals surface area contributed by atoms with Gasteiger partial charge in [0.1, 0.15) is 0 Å². The molecule has 0 saturated carbocycles. The molecule has 1 atom stereocenters. The van der Waals surface area contributed by atoms with Crippen LogP contribution in [-0.4, -0.2) is 44.3 Å². The van der Waals surface area contributed by atoms with Gasteiger partial charge in [-0.1, -0.05) is 0 Å². The number of carboxylic acid groups (broad SMARTS) is 1. The van der Waals surface area contributed by atoms with Crippen LogP contribution in [0.4, 0.5) is 0 Å². The van der Waals surface area contributed by atoms with Crippen molar-refractivity contribution < 1.29 is 14.7 Å². The van der Waals surface area contributed by atoms with Gasteiger partial charge in [-0.05, 0) is 37.8 Å². The monoisotopic (exact) mass is 291 g/mol. The number of hydrogen-bond acceptors (Lipinski definition) is 3. The molecule has 1 aliphatic heterocycles. The third-order valence-corrected chi connectivity index (χ3v) is 3.86. The molecule has 0 spiro atoms. The summed E-state index contributed by atoms with van der Waals surface area (Å²) in [5.74, 6) is -0.857. The summed E-state index contributed by atoms with van der Waals surface area (Å²) in [6.45, 7) is 0.707. The zero-order chi connectivity index (χ0) is 15.2. The van der Waals surface area contributed by atoms with Crippen LogP contribution in [0.5, 0.6) is 0 Å². The Kier molecular flexibility index (Phi) is 5.14. The van der Waals surface area contributed by atoms with Crippen molar-refractivity contribution in [3.63, 3.8) is 0 Å². The minimum atomic E-state index is -0.807. The van der Waals surface area contributed by atoms with E-state index in [2.05, 4.69) is 5.10 Å². The van der Waals surface area contributed by atoms with Crippen molar-refractivity contribution in [2.24, 2.45) is 7.05 Å². The number of aryl methyl sites for hydroxylation is 1. The number of likely N-dealkylation sites (tertiary alicyclic amines) is 1. The largest absolute Gasteiger partial charge is 0.481 e. The molecule has 1 N–H and O–H groups in total. The predicted octanol–water partition coefficient (Wildman–Crippen LogP) is 1.68. The van der Waals surface area contributed by atoms with Crippen LogP contribution in [0.2, 0.25) is 0 Å². The summed E-state index contributed by atoms with van der Waals surface area (Å²) in [6.07, 6.45) is 8.54. The highest BCUT2D eigenvalue weighted by Crippen LogP contribution is 2.21. The van der Waals surface area contributed by atoms with Crippen LogP contribution < -0.4 is 0 Å². The fraction of sp³-hybridized carbons (Fsp3) is 0.533. The van der Waals surface area contributed by atoms with Gasteiger partial charge in [-0.2, -0.15) is 5.10 Å². The Bertz CT molecular complexity index is 536. The quantitative estimate of drug-likeness (QED) is 0.837. The summed E-state index contributed by atoms with van der Waals surface area (Å²) >= 11 is 0. The number of carbonyl (C=O) groups excluding carboxylic acids is 1. The fourth-order valence-corrected chi connectivity index (χ4v) is 2.68. The van der Waals surface area contributed by atoms with Gasteiger partial charge in [-0.25, -0.2) is 0 Å². The summed E-state index contributed by atoms with van der Waals surface area (Å²) in [5, 5.41) is 12.8. The third-order valence-electron chi connectivity index (χ3n) is 3.86. The molecule has 0 bridgehead atoms. The molecule has 0 aliphatic carbocycles. The molecule has 2 heterocycles. The van der Waals surface area contributed by atoms with E-state index in [1.165, 1.54) is 0 Å². The molecule has 6 nitrogen and oxygen atoms in total. The number of piperidine rings is 1. The van der Waals surface area contributed by atoms with Gasteiger partial charge in [-0.3, -0.25) is 14.3 Å². The van der Waals surface area contributed by atoms with E-state index in [0.29, 0.717) is 13.0 Å². The van der Waals surface area contributed by atoms with Gasteiger partial charge in [-0.15, -0.1) is 0 Å². The molecule has 0 unspecified atom stereocenters. The van der Waals surface area contributed by atoms with E-state index in [9.17, 15) is 9.59 Å². The second-order valence-electron chi connectivity index (χ2n) is 5.33. The molecule has 1 aliphatic rings. The Balaban J connectivity index is 1.99. The Hall–Kier alpha value is -2.11. The van der Waals surface area contributed by atoms with Crippen molar-refractivity contribution in [1.82, 2.24) is 14.7 Å². The number of carbonyl (C=O) groups is 2. The molecule has 21 heavy (non-hydrogen) atoms. The minimum absolute atomic E-state index is 0.0403. The van der Waals surface area contributed by atoms with Crippen molar-refractivity contribution in [2.75, 3.05) is 6.54 Å². The lowest BCUT2D eigenvalue weighted by Gasteiger charge is -2.35. The first-order valence-electron chi connectivity index (χ1n) is 7.26. The van der Waals surface area contributed by atoms with Crippen molar-refractivity contribution in [2.45, 2.75) is 38.1 Å². The maximum Gasteiger partial charge on any atom is 0.303 e. The standard InChI is InChI=1S/C15H21N3O3/c1-17-12(9-10-16-17)5-7-14(19)18-11-3-2-4-13(18)6-8-15(20)21/h5,7,9-10,13H,2-4,6,8,11H2,1H3,(H,20,21)/b7-5-/t13-/m0/s1. The second-order valence-corrected chi connectivity index (χ2v) is 5.33. The first-order chi connectivity index (χ1) is 10.1. The molecular formula is C15H21N3O3. The summed E-state index contributed by atoms with van der Waals surface area (Å²) in [7, 11) is 1.82.